The molecule has 1 aromatic rings. The first-order valence-electron chi connectivity index (χ1n) is 6.60. The molecule has 0 fully saturated rings. The molecule has 0 bridgehead atoms. The van der Waals surface area contributed by atoms with E-state index in [0.717, 1.165) is 18.6 Å². The Morgan fingerprint density at radius 1 is 1.33 bits per heavy atom. The average Bonchev–Trinajstić information content (AvgIpc) is 2.43. The second-order valence-corrected chi connectivity index (χ2v) is 4.68. The Bertz CT molecular complexity index is 497. The summed E-state index contributed by atoms with van der Waals surface area (Å²) in [6, 6.07) is 2.78. The van der Waals surface area contributed by atoms with Crippen molar-refractivity contribution in [1.29, 1.82) is 0 Å². The number of hydrogen-bond acceptors (Lipinski definition) is 1. The van der Waals surface area contributed by atoms with Crippen molar-refractivity contribution in [3.05, 3.63) is 35.1 Å². The van der Waals surface area contributed by atoms with Crippen molar-refractivity contribution in [2.75, 3.05) is 7.05 Å². The zero-order chi connectivity index (χ0) is 16.0. The molecule has 118 valence electrons. The third kappa shape index (κ3) is 5.24. The van der Waals surface area contributed by atoms with Gasteiger partial charge in [0.25, 0.3) is 0 Å². The highest BCUT2D eigenvalue weighted by Crippen LogP contribution is 2.32. The number of aliphatic imine (C=N–C) groups is 1. The molecule has 1 aromatic carbocycles. The van der Waals surface area contributed by atoms with Crippen LogP contribution in [-0.2, 0) is 12.7 Å². The molecule has 0 amide bonds. The first-order chi connectivity index (χ1) is 9.77. The first kappa shape index (κ1) is 17.3. The molecule has 0 aromatic heterocycles. The number of nitrogens with one attached hydrogen (secondary N) is 2. The Balaban J connectivity index is 2.84. The first-order valence-corrected chi connectivity index (χ1v) is 6.60. The van der Waals surface area contributed by atoms with E-state index >= 15 is 0 Å². The Labute approximate surface area is 121 Å². The van der Waals surface area contributed by atoms with E-state index in [2.05, 4.69) is 15.6 Å². The van der Waals surface area contributed by atoms with Gasteiger partial charge >= 0.3 is 6.18 Å². The fourth-order valence-corrected chi connectivity index (χ4v) is 1.68. The van der Waals surface area contributed by atoms with Gasteiger partial charge in [-0.25, -0.2) is 4.39 Å². The van der Waals surface area contributed by atoms with E-state index in [1.54, 1.807) is 0 Å². The molecule has 3 nitrogen and oxygen atoms in total. The van der Waals surface area contributed by atoms with Crippen LogP contribution >= 0.6 is 0 Å². The van der Waals surface area contributed by atoms with Crippen molar-refractivity contribution >= 4 is 5.96 Å². The topological polar surface area (TPSA) is 36.4 Å². The van der Waals surface area contributed by atoms with Crippen molar-refractivity contribution in [3.8, 4) is 0 Å². The van der Waals surface area contributed by atoms with Crippen LogP contribution < -0.4 is 10.6 Å². The van der Waals surface area contributed by atoms with Gasteiger partial charge in [-0.1, -0.05) is 13.0 Å². The van der Waals surface area contributed by atoms with E-state index in [-0.39, 0.29) is 18.2 Å². The van der Waals surface area contributed by atoms with Crippen LogP contribution in [0.3, 0.4) is 0 Å². The largest absolute Gasteiger partial charge is 0.416 e. The number of guanidine groups is 1. The van der Waals surface area contributed by atoms with Crippen molar-refractivity contribution in [1.82, 2.24) is 10.6 Å². The molecule has 0 heterocycles. The van der Waals surface area contributed by atoms with Gasteiger partial charge in [-0.2, -0.15) is 13.2 Å². The summed E-state index contributed by atoms with van der Waals surface area (Å²) in [6.07, 6.45) is -3.74. The van der Waals surface area contributed by atoms with E-state index < -0.39 is 17.6 Å². The Hall–Kier alpha value is -1.79. The van der Waals surface area contributed by atoms with Gasteiger partial charge in [0.1, 0.15) is 5.82 Å². The lowest BCUT2D eigenvalue weighted by Gasteiger charge is -2.18. The van der Waals surface area contributed by atoms with Gasteiger partial charge in [0.05, 0.1) is 5.56 Å². The van der Waals surface area contributed by atoms with Gasteiger partial charge in [0, 0.05) is 19.6 Å². The van der Waals surface area contributed by atoms with Gasteiger partial charge < -0.3 is 10.6 Å². The predicted molar refractivity (Wildman–Crippen MR) is 74.5 cm³/mol. The average molecular weight is 305 g/mol. The minimum Gasteiger partial charge on any atom is -0.354 e. The second-order valence-electron chi connectivity index (χ2n) is 4.68. The zero-order valence-corrected chi connectivity index (χ0v) is 12.2. The molecule has 0 aliphatic carbocycles. The van der Waals surface area contributed by atoms with E-state index in [4.69, 9.17) is 0 Å². The van der Waals surface area contributed by atoms with Crippen molar-refractivity contribution in [2.24, 2.45) is 4.99 Å². The van der Waals surface area contributed by atoms with E-state index in [1.807, 2.05) is 13.8 Å². The molecule has 7 heteroatoms. The monoisotopic (exact) mass is 305 g/mol. The summed E-state index contributed by atoms with van der Waals surface area (Å²) in [5, 5.41) is 5.84. The van der Waals surface area contributed by atoms with Crippen molar-refractivity contribution in [2.45, 2.75) is 39.0 Å². The summed E-state index contributed by atoms with van der Waals surface area (Å²) in [5.74, 6) is -0.505. The quantitative estimate of drug-likeness (QED) is 0.509. The molecule has 21 heavy (non-hydrogen) atoms. The molecular formula is C14H19F4N3. The van der Waals surface area contributed by atoms with E-state index in [9.17, 15) is 17.6 Å². The molecule has 0 saturated heterocycles. The Morgan fingerprint density at radius 2 is 2.00 bits per heavy atom. The molecule has 0 aliphatic heterocycles. The van der Waals surface area contributed by atoms with Crippen LogP contribution in [0.1, 0.15) is 31.4 Å². The Kier molecular flexibility index (Phi) is 5.99. The lowest BCUT2D eigenvalue weighted by atomic mass is 10.1. The highest BCUT2D eigenvalue weighted by molar-refractivity contribution is 5.79. The highest BCUT2D eigenvalue weighted by atomic mass is 19.4. The van der Waals surface area contributed by atoms with E-state index in [0.29, 0.717) is 12.0 Å². The SMILES string of the molecule is CCC(C)NC(=NC)NCc1ccc(F)cc1C(F)(F)F. The number of nitrogens with zero attached hydrogens (tertiary/aromatic N) is 1. The maximum absolute atomic E-state index is 13.0. The molecule has 1 unspecified atom stereocenters. The van der Waals surface area contributed by atoms with Crippen LogP contribution in [0.15, 0.2) is 23.2 Å². The summed E-state index contributed by atoms with van der Waals surface area (Å²) in [5.41, 5.74) is -1.01. The number of alkyl halides is 3. The van der Waals surface area contributed by atoms with Gasteiger partial charge in [0.15, 0.2) is 5.96 Å². The van der Waals surface area contributed by atoms with Gasteiger partial charge in [0.2, 0.25) is 0 Å². The lowest BCUT2D eigenvalue weighted by molar-refractivity contribution is -0.138. The minimum atomic E-state index is -4.59. The van der Waals surface area contributed by atoms with Crippen LogP contribution in [0.5, 0.6) is 0 Å². The standard InChI is InChI=1S/C14H19F4N3/c1-4-9(2)21-13(19-3)20-8-10-5-6-11(15)7-12(10)14(16,17)18/h5-7,9H,4,8H2,1-3H3,(H2,19,20,21). The van der Waals surface area contributed by atoms with Crippen LogP contribution in [0, 0.1) is 5.82 Å². The molecule has 2 N–H and O–H groups in total. The minimum absolute atomic E-state index is 0.0315. The zero-order valence-electron chi connectivity index (χ0n) is 12.2. The van der Waals surface area contributed by atoms with Gasteiger partial charge in [-0.15, -0.1) is 0 Å². The summed E-state index contributed by atoms with van der Waals surface area (Å²) < 4.78 is 51.6. The molecule has 1 rings (SSSR count). The van der Waals surface area contributed by atoms with Crippen LogP contribution in [0.4, 0.5) is 17.6 Å². The van der Waals surface area contributed by atoms with Crippen molar-refractivity contribution in [3.63, 3.8) is 0 Å². The number of benzene rings is 1. The molecule has 0 radical (unpaired) electrons. The normalized spacial score (nSPS) is 14.0. The van der Waals surface area contributed by atoms with E-state index in [1.165, 1.54) is 7.05 Å². The molecule has 0 spiro atoms. The third-order valence-corrected chi connectivity index (χ3v) is 3.04. The molecule has 0 saturated carbocycles. The maximum Gasteiger partial charge on any atom is 0.416 e. The number of rotatable bonds is 4. The van der Waals surface area contributed by atoms with Crippen LogP contribution in [0.25, 0.3) is 0 Å². The van der Waals surface area contributed by atoms with Crippen molar-refractivity contribution < 1.29 is 17.6 Å². The predicted octanol–water partition coefficient (Wildman–Crippen LogP) is 3.31. The second kappa shape index (κ2) is 7.28. The molecular weight excluding hydrogens is 286 g/mol. The van der Waals surface area contributed by atoms with Crippen LogP contribution in [-0.4, -0.2) is 19.0 Å². The number of hydrogen-bond donors (Lipinski definition) is 2. The maximum atomic E-state index is 13.0. The fraction of sp³-hybridized carbons (Fsp3) is 0.500. The third-order valence-electron chi connectivity index (χ3n) is 3.04. The highest BCUT2D eigenvalue weighted by Gasteiger charge is 2.33. The Morgan fingerprint density at radius 3 is 2.52 bits per heavy atom. The smallest absolute Gasteiger partial charge is 0.354 e. The summed E-state index contributed by atoms with van der Waals surface area (Å²) in [7, 11) is 1.53. The fourth-order valence-electron chi connectivity index (χ4n) is 1.68. The lowest BCUT2D eigenvalue weighted by Crippen LogP contribution is -2.41. The summed E-state index contributed by atoms with van der Waals surface area (Å²) in [4.78, 5) is 3.94. The number of halogens is 4. The van der Waals surface area contributed by atoms with Crippen LogP contribution in [0.2, 0.25) is 0 Å². The molecule has 1 atom stereocenters. The molecule has 0 aliphatic rings. The van der Waals surface area contributed by atoms with Gasteiger partial charge in [-0.05, 0) is 31.0 Å². The van der Waals surface area contributed by atoms with Gasteiger partial charge in [-0.3, -0.25) is 4.99 Å². The summed E-state index contributed by atoms with van der Waals surface area (Å²) >= 11 is 0. The summed E-state index contributed by atoms with van der Waals surface area (Å²) in [6.45, 7) is 3.82.